The second-order valence-electron chi connectivity index (χ2n) is 6.12. The number of carbonyl (C=O) groups is 1. The first kappa shape index (κ1) is 22.7. The Morgan fingerprint density at radius 3 is 2.63 bits per heavy atom. The van der Waals surface area contributed by atoms with Crippen molar-refractivity contribution in [3.05, 3.63) is 52.2 Å². The number of nitrogen functional groups attached to an aromatic ring is 1. The summed E-state index contributed by atoms with van der Waals surface area (Å²) in [5.74, 6) is -1.66. The number of nitrogens with one attached hydrogen (secondary N) is 1. The molecule has 2 rings (SSSR count). The van der Waals surface area contributed by atoms with Crippen molar-refractivity contribution >= 4 is 27.4 Å². The van der Waals surface area contributed by atoms with E-state index in [0.29, 0.717) is 0 Å². The number of aromatic nitrogens is 1. The summed E-state index contributed by atoms with van der Waals surface area (Å²) in [7, 11) is -4.42. The SMILES string of the molecule is Cc1cc(N)c(S(=O)(=O)c2cccc(F)c2)c(=O)n1CC(=O)NCCON=C(N)N. The smallest absolute Gasteiger partial charge is 0.272 e. The highest BCUT2D eigenvalue weighted by Crippen LogP contribution is 2.24. The van der Waals surface area contributed by atoms with E-state index >= 15 is 0 Å². The van der Waals surface area contributed by atoms with Crippen LogP contribution < -0.4 is 28.1 Å². The first-order valence-electron chi connectivity index (χ1n) is 8.52. The van der Waals surface area contributed by atoms with Crippen LogP contribution in [0.5, 0.6) is 0 Å². The normalized spacial score (nSPS) is 11.0. The van der Waals surface area contributed by atoms with Gasteiger partial charge >= 0.3 is 0 Å². The Bertz CT molecular complexity index is 1140. The fourth-order valence-electron chi connectivity index (χ4n) is 2.55. The summed E-state index contributed by atoms with van der Waals surface area (Å²) >= 11 is 0. The molecule has 0 unspecified atom stereocenters. The number of carbonyl (C=O) groups excluding carboxylic acids is 1. The maximum Gasteiger partial charge on any atom is 0.272 e. The van der Waals surface area contributed by atoms with Crippen LogP contribution >= 0.6 is 0 Å². The number of hydrogen-bond acceptors (Lipinski definition) is 7. The minimum absolute atomic E-state index is 0.0293. The fourth-order valence-corrected chi connectivity index (χ4v) is 4.02. The minimum Gasteiger partial charge on any atom is -0.397 e. The molecule has 0 aliphatic rings. The van der Waals surface area contributed by atoms with E-state index in [1.165, 1.54) is 19.1 Å². The van der Waals surface area contributed by atoms with Crippen molar-refractivity contribution in [2.45, 2.75) is 23.3 Å². The molecule has 162 valence electrons. The summed E-state index contributed by atoms with van der Waals surface area (Å²) in [4.78, 5) is 28.5. The van der Waals surface area contributed by atoms with Gasteiger partial charge in [0.1, 0.15) is 19.0 Å². The van der Waals surface area contributed by atoms with Crippen LogP contribution in [0.15, 0.2) is 50.1 Å². The molecule has 11 nitrogen and oxygen atoms in total. The Labute approximate surface area is 171 Å². The molecule has 0 aliphatic heterocycles. The number of rotatable bonds is 8. The highest BCUT2D eigenvalue weighted by molar-refractivity contribution is 7.91. The van der Waals surface area contributed by atoms with Gasteiger partial charge in [0.15, 0.2) is 4.90 Å². The maximum absolute atomic E-state index is 13.5. The summed E-state index contributed by atoms with van der Waals surface area (Å²) in [6.45, 7) is 1.02. The number of nitrogens with zero attached hydrogens (tertiary/aromatic N) is 2. The van der Waals surface area contributed by atoms with E-state index in [-0.39, 0.29) is 30.5 Å². The molecule has 2 aromatic rings. The number of sulfone groups is 1. The van der Waals surface area contributed by atoms with Gasteiger partial charge < -0.3 is 31.9 Å². The lowest BCUT2D eigenvalue weighted by atomic mass is 10.3. The fraction of sp³-hybridized carbons (Fsp3) is 0.235. The van der Waals surface area contributed by atoms with Gasteiger partial charge in [-0.1, -0.05) is 6.07 Å². The van der Waals surface area contributed by atoms with Crippen molar-refractivity contribution in [3.63, 3.8) is 0 Å². The van der Waals surface area contributed by atoms with Gasteiger partial charge in [-0.15, -0.1) is 0 Å². The average Bonchev–Trinajstić information content (AvgIpc) is 2.64. The van der Waals surface area contributed by atoms with Crippen molar-refractivity contribution in [1.29, 1.82) is 0 Å². The zero-order valence-electron chi connectivity index (χ0n) is 16.0. The van der Waals surface area contributed by atoms with Crippen molar-refractivity contribution in [1.82, 2.24) is 9.88 Å². The second kappa shape index (κ2) is 9.26. The van der Waals surface area contributed by atoms with Crippen LogP contribution in [-0.4, -0.2) is 38.0 Å². The number of anilines is 1. The van der Waals surface area contributed by atoms with E-state index in [2.05, 4.69) is 10.5 Å². The van der Waals surface area contributed by atoms with E-state index in [1.54, 1.807) is 0 Å². The lowest BCUT2D eigenvalue weighted by Crippen LogP contribution is -2.37. The molecular weight excluding hydrogens is 419 g/mol. The molecule has 1 amide bonds. The Hall–Kier alpha value is -3.61. The molecule has 7 N–H and O–H groups in total. The van der Waals surface area contributed by atoms with Crippen LogP contribution in [0.1, 0.15) is 5.69 Å². The van der Waals surface area contributed by atoms with Crippen LogP contribution in [0.2, 0.25) is 0 Å². The minimum atomic E-state index is -4.42. The first-order valence-corrected chi connectivity index (χ1v) is 10.0. The zero-order chi connectivity index (χ0) is 22.5. The number of aryl methyl sites for hydroxylation is 1. The first-order chi connectivity index (χ1) is 14.0. The molecular formula is C17H21FN6O5S. The van der Waals surface area contributed by atoms with E-state index in [9.17, 15) is 22.4 Å². The molecule has 0 aliphatic carbocycles. The van der Waals surface area contributed by atoms with E-state index < -0.39 is 43.5 Å². The Balaban J connectivity index is 2.30. The number of benzene rings is 1. The van der Waals surface area contributed by atoms with Gasteiger partial charge in [-0.2, -0.15) is 0 Å². The molecule has 30 heavy (non-hydrogen) atoms. The maximum atomic E-state index is 13.5. The molecule has 1 aromatic carbocycles. The second-order valence-corrected chi connectivity index (χ2v) is 8.01. The standard InChI is InChI=1S/C17H21FN6O5S/c1-10-7-13(19)15(30(27,28)12-4-2-3-11(18)8-12)16(26)24(10)9-14(25)22-5-6-29-23-17(20)21/h2-4,7-8H,5-6,9,19H2,1H3,(H,22,25)(H4,20,21,23). The lowest BCUT2D eigenvalue weighted by Gasteiger charge is -2.14. The van der Waals surface area contributed by atoms with Gasteiger partial charge in [0, 0.05) is 5.69 Å². The summed E-state index contributed by atoms with van der Waals surface area (Å²) < 4.78 is 40.2. The van der Waals surface area contributed by atoms with Gasteiger partial charge in [0.05, 0.1) is 17.1 Å². The van der Waals surface area contributed by atoms with Crippen LogP contribution in [-0.2, 0) is 26.0 Å². The van der Waals surface area contributed by atoms with Gasteiger partial charge in [-0.05, 0) is 36.3 Å². The van der Waals surface area contributed by atoms with Gasteiger partial charge in [0.2, 0.25) is 21.7 Å². The van der Waals surface area contributed by atoms with Crippen molar-refractivity contribution in [2.75, 3.05) is 18.9 Å². The highest BCUT2D eigenvalue weighted by atomic mass is 32.2. The Morgan fingerprint density at radius 1 is 1.30 bits per heavy atom. The summed E-state index contributed by atoms with van der Waals surface area (Å²) in [5, 5.41) is 5.74. The third-order valence-corrected chi connectivity index (χ3v) is 5.68. The quantitative estimate of drug-likeness (QED) is 0.175. The van der Waals surface area contributed by atoms with Crippen molar-refractivity contribution in [2.24, 2.45) is 16.6 Å². The largest absolute Gasteiger partial charge is 0.397 e. The predicted molar refractivity (Wildman–Crippen MR) is 106 cm³/mol. The van der Waals surface area contributed by atoms with Gasteiger partial charge in [-0.3, -0.25) is 9.59 Å². The zero-order valence-corrected chi connectivity index (χ0v) is 16.8. The molecule has 13 heteroatoms. The third-order valence-electron chi connectivity index (χ3n) is 3.85. The average molecular weight is 440 g/mol. The monoisotopic (exact) mass is 440 g/mol. The number of pyridine rings is 1. The molecule has 0 bridgehead atoms. The molecule has 0 radical (unpaired) electrons. The number of nitrogens with two attached hydrogens (primary N) is 3. The summed E-state index contributed by atoms with van der Waals surface area (Å²) in [6.07, 6.45) is 0. The van der Waals surface area contributed by atoms with Gasteiger partial charge in [-0.25, -0.2) is 12.8 Å². The van der Waals surface area contributed by atoms with E-state index in [1.807, 2.05) is 0 Å². The number of amides is 1. The van der Waals surface area contributed by atoms with Crippen LogP contribution in [0.4, 0.5) is 10.1 Å². The topological polar surface area (TPSA) is 185 Å². The molecule has 0 spiro atoms. The molecule has 0 atom stereocenters. The molecule has 0 saturated carbocycles. The van der Waals surface area contributed by atoms with Crippen LogP contribution in [0, 0.1) is 12.7 Å². The van der Waals surface area contributed by atoms with Crippen molar-refractivity contribution < 1.29 is 22.4 Å². The Kier molecular flexibility index (Phi) is 7.00. The van der Waals surface area contributed by atoms with Crippen molar-refractivity contribution in [3.8, 4) is 0 Å². The molecule has 0 fully saturated rings. The number of hydrogen-bond donors (Lipinski definition) is 4. The molecule has 1 heterocycles. The Morgan fingerprint density at radius 2 is 2.00 bits per heavy atom. The van der Waals surface area contributed by atoms with Crippen LogP contribution in [0.3, 0.4) is 0 Å². The number of halogens is 1. The third kappa shape index (κ3) is 5.26. The molecule has 0 saturated heterocycles. The molecule has 1 aromatic heterocycles. The van der Waals surface area contributed by atoms with Crippen LogP contribution in [0.25, 0.3) is 0 Å². The predicted octanol–water partition coefficient (Wildman–Crippen LogP) is -0.968. The van der Waals surface area contributed by atoms with Gasteiger partial charge in [0.25, 0.3) is 5.56 Å². The van der Waals surface area contributed by atoms with E-state index in [4.69, 9.17) is 22.0 Å². The highest BCUT2D eigenvalue weighted by Gasteiger charge is 2.27. The summed E-state index contributed by atoms with van der Waals surface area (Å²) in [6, 6.07) is 5.44. The number of oxime groups is 1. The number of guanidine groups is 1. The summed E-state index contributed by atoms with van der Waals surface area (Å²) in [5.41, 5.74) is 14.9. The lowest BCUT2D eigenvalue weighted by molar-refractivity contribution is -0.122. The van der Waals surface area contributed by atoms with E-state index in [0.717, 1.165) is 22.8 Å².